The summed E-state index contributed by atoms with van der Waals surface area (Å²) in [6.07, 6.45) is -7.53. The van der Waals surface area contributed by atoms with Crippen molar-refractivity contribution in [3.05, 3.63) is 46.7 Å². The Labute approximate surface area is 134 Å². The molecule has 2 heterocycles. The van der Waals surface area contributed by atoms with Crippen molar-refractivity contribution < 1.29 is 35.8 Å². The highest BCUT2D eigenvalue weighted by atomic mass is 19.4. The van der Waals surface area contributed by atoms with Gasteiger partial charge in [0.1, 0.15) is 11.9 Å². The van der Waals surface area contributed by atoms with E-state index < -0.39 is 58.2 Å². The highest BCUT2D eigenvalue weighted by Crippen LogP contribution is 2.50. The predicted octanol–water partition coefficient (Wildman–Crippen LogP) is 3.70. The number of nitrogens with one attached hydrogen (secondary N) is 1. The van der Waals surface area contributed by atoms with Gasteiger partial charge in [0.25, 0.3) is 0 Å². The number of anilines is 1. The lowest BCUT2D eigenvalue weighted by Crippen LogP contribution is -2.30. The third kappa shape index (κ3) is 2.49. The Balaban J connectivity index is 2.29. The number of rotatable bonds is 1. The van der Waals surface area contributed by atoms with Gasteiger partial charge in [0.15, 0.2) is 17.7 Å². The minimum absolute atomic E-state index is 0.351. The Bertz CT molecular complexity index is 911. The SMILES string of the molecule is N#Cc1cc(-n2cc(C(F)(F)F)c3c2NC(F)(F)[C@H]3O)cc(F)c1F. The zero-order chi connectivity index (χ0) is 18.7. The van der Waals surface area contributed by atoms with Crippen LogP contribution in [0.25, 0.3) is 5.69 Å². The van der Waals surface area contributed by atoms with Crippen LogP contribution in [0.5, 0.6) is 0 Å². The van der Waals surface area contributed by atoms with E-state index in [1.807, 2.05) is 0 Å². The van der Waals surface area contributed by atoms with E-state index in [4.69, 9.17) is 5.26 Å². The average Bonchev–Trinajstić information content (AvgIpc) is 2.97. The smallest absolute Gasteiger partial charge is 0.380 e. The molecule has 1 atom stereocenters. The summed E-state index contributed by atoms with van der Waals surface area (Å²) in [7, 11) is 0. The highest BCUT2D eigenvalue weighted by molar-refractivity contribution is 5.64. The van der Waals surface area contributed by atoms with Crippen molar-refractivity contribution in [1.82, 2.24) is 4.57 Å². The average molecular weight is 365 g/mol. The van der Waals surface area contributed by atoms with Gasteiger partial charge in [-0.15, -0.1) is 0 Å². The number of hydrogen-bond acceptors (Lipinski definition) is 3. The zero-order valence-electron chi connectivity index (χ0n) is 11.8. The molecule has 0 fully saturated rings. The lowest BCUT2D eigenvalue weighted by molar-refractivity contribution is -0.141. The lowest BCUT2D eigenvalue weighted by Gasteiger charge is -2.17. The molecule has 4 nitrogen and oxygen atoms in total. The summed E-state index contributed by atoms with van der Waals surface area (Å²) in [6, 6.07) is -1.64. The summed E-state index contributed by atoms with van der Waals surface area (Å²) < 4.78 is 93.9. The molecule has 0 saturated carbocycles. The van der Waals surface area contributed by atoms with Gasteiger partial charge in [0.2, 0.25) is 0 Å². The molecule has 2 N–H and O–H groups in total. The summed E-state index contributed by atoms with van der Waals surface area (Å²) in [4.78, 5) is 0. The third-order valence-corrected chi connectivity index (χ3v) is 3.66. The van der Waals surface area contributed by atoms with E-state index in [1.165, 1.54) is 11.4 Å². The molecule has 1 aliphatic heterocycles. The molecule has 3 rings (SSSR count). The molecule has 1 aromatic carbocycles. The van der Waals surface area contributed by atoms with Gasteiger partial charge in [-0.2, -0.15) is 27.2 Å². The standard InChI is InChI=1S/C14H6F7N3O/c15-8-2-6(1-5(3-22)10(8)16)24-4-7(13(17,18)19)9-11(25)14(20,21)23-12(9)24/h1-2,4,11,23,25H/t11-/m0/s1. The van der Waals surface area contributed by atoms with Crippen LogP contribution in [0.2, 0.25) is 0 Å². The molecule has 0 bridgehead atoms. The van der Waals surface area contributed by atoms with Gasteiger partial charge in [-0.25, -0.2) is 8.78 Å². The van der Waals surface area contributed by atoms with Crippen LogP contribution in [0.4, 0.5) is 36.6 Å². The maximum absolute atomic E-state index is 13.6. The number of alkyl halides is 5. The molecular formula is C14H6F7N3O. The van der Waals surface area contributed by atoms with Crippen LogP contribution in [-0.4, -0.2) is 15.7 Å². The third-order valence-electron chi connectivity index (χ3n) is 3.66. The minimum Gasteiger partial charge on any atom is -0.380 e. The summed E-state index contributed by atoms with van der Waals surface area (Å²) in [6.45, 7) is 0. The fourth-order valence-electron chi connectivity index (χ4n) is 2.56. The quantitative estimate of drug-likeness (QED) is 0.599. The second kappa shape index (κ2) is 5.13. The van der Waals surface area contributed by atoms with Gasteiger partial charge in [0.05, 0.1) is 16.8 Å². The van der Waals surface area contributed by atoms with Crippen LogP contribution in [0.3, 0.4) is 0 Å². The summed E-state index contributed by atoms with van der Waals surface area (Å²) in [5.41, 5.74) is -4.01. The number of nitrogens with zero attached hydrogens (tertiary/aromatic N) is 2. The topological polar surface area (TPSA) is 61.0 Å². The molecule has 0 aliphatic carbocycles. The molecule has 2 aromatic rings. The molecule has 0 unspecified atom stereocenters. The number of nitriles is 1. The van der Waals surface area contributed by atoms with Crippen molar-refractivity contribution in [3.8, 4) is 11.8 Å². The second-order valence-corrected chi connectivity index (χ2v) is 5.22. The second-order valence-electron chi connectivity index (χ2n) is 5.22. The van der Waals surface area contributed by atoms with E-state index in [-0.39, 0.29) is 0 Å². The van der Waals surface area contributed by atoms with E-state index in [0.717, 1.165) is 0 Å². The molecule has 1 aromatic heterocycles. The summed E-state index contributed by atoms with van der Waals surface area (Å²) in [5.74, 6) is -3.90. The molecule has 11 heteroatoms. The van der Waals surface area contributed by atoms with Crippen molar-refractivity contribution >= 4 is 5.82 Å². The Morgan fingerprint density at radius 3 is 2.44 bits per heavy atom. The van der Waals surface area contributed by atoms with Crippen LogP contribution >= 0.6 is 0 Å². The summed E-state index contributed by atoms with van der Waals surface area (Å²) in [5, 5.41) is 19.7. The lowest BCUT2D eigenvalue weighted by atomic mass is 10.1. The van der Waals surface area contributed by atoms with Gasteiger partial charge in [-0.3, -0.25) is 0 Å². The Morgan fingerprint density at radius 1 is 1.24 bits per heavy atom. The Kier molecular flexibility index (Phi) is 3.51. The van der Waals surface area contributed by atoms with Crippen molar-refractivity contribution in [2.75, 3.05) is 5.32 Å². The molecule has 0 spiro atoms. The number of benzene rings is 1. The van der Waals surface area contributed by atoms with E-state index in [1.54, 1.807) is 0 Å². The fourth-order valence-corrected chi connectivity index (χ4v) is 2.56. The van der Waals surface area contributed by atoms with Gasteiger partial charge in [0, 0.05) is 17.8 Å². The van der Waals surface area contributed by atoms with Gasteiger partial charge in [-0.05, 0) is 6.07 Å². The number of aliphatic hydroxyl groups excluding tert-OH is 1. The first-order chi connectivity index (χ1) is 11.5. The van der Waals surface area contributed by atoms with Crippen LogP contribution in [0, 0.1) is 23.0 Å². The molecule has 25 heavy (non-hydrogen) atoms. The molecule has 0 saturated heterocycles. The number of fused-ring (bicyclic) bond motifs is 1. The number of aromatic nitrogens is 1. The van der Waals surface area contributed by atoms with E-state index in [2.05, 4.69) is 0 Å². The maximum Gasteiger partial charge on any atom is 0.418 e. The van der Waals surface area contributed by atoms with Crippen LogP contribution in [-0.2, 0) is 6.18 Å². The Hall–Kier alpha value is -2.74. The normalized spacial score (nSPS) is 18.6. The van der Waals surface area contributed by atoms with Crippen molar-refractivity contribution in [1.29, 1.82) is 5.26 Å². The minimum atomic E-state index is -5.09. The highest BCUT2D eigenvalue weighted by Gasteiger charge is 2.53. The van der Waals surface area contributed by atoms with Crippen LogP contribution in [0.1, 0.15) is 22.8 Å². The number of halogens is 7. The first-order valence-corrected chi connectivity index (χ1v) is 6.53. The number of hydrogen-bond donors (Lipinski definition) is 2. The van der Waals surface area contributed by atoms with Gasteiger partial charge < -0.3 is 15.0 Å². The first kappa shape index (κ1) is 17.1. The monoisotopic (exact) mass is 365 g/mol. The van der Waals surface area contributed by atoms with Crippen LogP contribution < -0.4 is 5.32 Å². The molecular weight excluding hydrogens is 359 g/mol. The fraction of sp³-hybridized carbons (Fsp3) is 0.214. The predicted molar refractivity (Wildman–Crippen MR) is 68.9 cm³/mol. The molecule has 0 amide bonds. The van der Waals surface area contributed by atoms with Crippen molar-refractivity contribution in [2.45, 2.75) is 18.3 Å². The van der Waals surface area contributed by atoms with E-state index >= 15 is 0 Å². The first-order valence-electron chi connectivity index (χ1n) is 6.53. The van der Waals surface area contributed by atoms with Crippen molar-refractivity contribution in [3.63, 3.8) is 0 Å². The zero-order valence-corrected chi connectivity index (χ0v) is 11.8. The van der Waals surface area contributed by atoms with Crippen molar-refractivity contribution in [2.24, 2.45) is 0 Å². The van der Waals surface area contributed by atoms with Gasteiger partial charge >= 0.3 is 12.2 Å². The van der Waals surface area contributed by atoms with Gasteiger partial charge in [-0.1, -0.05) is 0 Å². The summed E-state index contributed by atoms with van der Waals surface area (Å²) >= 11 is 0. The number of aliphatic hydroxyl groups is 1. The Morgan fingerprint density at radius 2 is 1.88 bits per heavy atom. The van der Waals surface area contributed by atoms with Crippen LogP contribution in [0.15, 0.2) is 18.3 Å². The van der Waals surface area contributed by atoms with E-state index in [9.17, 15) is 35.8 Å². The molecule has 132 valence electrons. The molecule has 1 aliphatic rings. The maximum atomic E-state index is 13.6. The largest absolute Gasteiger partial charge is 0.418 e. The molecule has 0 radical (unpaired) electrons. The van der Waals surface area contributed by atoms with E-state index in [0.29, 0.717) is 22.9 Å².